The minimum Gasteiger partial charge on any atom is -0.507 e. The third-order valence-corrected chi connectivity index (χ3v) is 2.44. The molecule has 0 saturated carbocycles. The lowest BCUT2D eigenvalue weighted by molar-refractivity contribution is -0.138. The molecule has 0 saturated heterocycles. The van der Waals surface area contributed by atoms with Gasteiger partial charge >= 0.3 is 11.9 Å². The van der Waals surface area contributed by atoms with Gasteiger partial charge in [0, 0.05) is 12.6 Å². The number of benzene rings is 1. The second kappa shape index (κ2) is 7.65. The average molecular weight is 293 g/mol. The number of aromatic amines is 1. The first-order valence-electron chi connectivity index (χ1n) is 5.89. The van der Waals surface area contributed by atoms with Crippen LogP contribution >= 0.6 is 0 Å². The number of carboxylic acid groups (broad SMARTS) is 2. The standard InChI is InChI=1S/C7H6O3.C6H9N3O2/c8-6-4-2-1-3-5(6)7(9)10;7-5(6(10)11)1-4-2-8-3-9-4/h1-4,8H,(H,9,10);2-3,5H,1,7H2,(H,8,9)(H,10,11). The fourth-order valence-electron chi connectivity index (χ4n) is 1.37. The summed E-state index contributed by atoms with van der Waals surface area (Å²) in [5.74, 6) is -2.32. The van der Waals surface area contributed by atoms with Crippen molar-refractivity contribution in [2.45, 2.75) is 12.5 Å². The summed E-state index contributed by atoms with van der Waals surface area (Å²) in [4.78, 5) is 27.1. The van der Waals surface area contributed by atoms with E-state index < -0.39 is 18.0 Å². The molecule has 8 heteroatoms. The van der Waals surface area contributed by atoms with Crippen LogP contribution in [0.5, 0.6) is 5.75 Å². The minimum atomic E-state index is -1.11. The Balaban J connectivity index is 0.000000211. The first-order chi connectivity index (χ1) is 9.91. The van der Waals surface area contributed by atoms with Crippen molar-refractivity contribution in [2.24, 2.45) is 5.73 Å². The summed E-state index contributed by atoms with van der Waals surface area (Å²) in [6.45, 7) is 0. The van der Waals surface area contributed by atoms with Gasteiger partial charge in [-0.05, 0) is 12.1 Å². The highest BCUT2D eigenvalue weighted by atomic mass is 16.4. The van der Waals surface area contributed by atoms with Gasteiger partial charge in [-0.3, -0.25) is 4.79 Å². The number of rotatable bonds is 4. The number of nitrogens with two attached hydrogens (primary N) is 1. The zero-order valence-corrected chi connectivity index (χ0v) is 10.9. The molecule has 0 radical (unpaired) electrons. The van der Waals surface area contributed by atoms with E-state index in [1.807, 2.05) is 0 Å². The summed E-state index contributed by atoms with van der Waals surface area (Å²) in [7, 11) is 0. The Kier molecular flexibility index (Phi) is 5.90. The first kappa shape index (κ1) is 16.2. The van der Waals surface area contributed by atoms with Gasteiger partial charge in [0.15, 0.2) is 0 Å². The van der Waals surface area contributed by atoms with Crippen molar-refractivity contribution in [3.05, 3.63) is 48.0 Å². The van der Waals surface area contributed by atoms with Gasteiger partial charge in [0.2, 0.25) is 0 Å². The molecule has 1 atom stereocenters. The van der Waals surface area contributed by atoms with E-state index in [0.717, 1.165) is 0 Å². The Morgan fingerprint density at radius 3 is 2.38 bits per heavy atom. The summed E-state index contributed by atoms with van der Waals surface area (Å²) in [6, 6.07) is 4.95. The Morgan fingerprint density at radius 2 is 1.95 bits per heavy atom. The highest BCUT2D eigenvalue weighted by Crippen LogP contribution is 2.14. The fraction of sp³-hybridized carbons (Fsp3) is 0.154. The van der Waals surface area contributed by atoms with Crippen molar-refractivity contribution in [3.63, 3.8) is 0 Å². The molecular formula is C13H15N3O5. The predicted molar refractivity (Wildman–Crippen MR) is 73.0 cm³/mol. The van der Waals surface area contributed by atoms with E-state index in [1.165, 1.54) is 18.5 Å². The molecule has 2 rings (SSSR count). The maximum atomic E-state index is 10.3. The van der Waals surface area contributed by atoms with Gasteiger partial charge in [0.1, 0.15) is 17.4 Å². The highest BCUT2D eigenvalue weighted by molar-refractivity contribution is 5.90. The van der Waals surface area contributed by atoms with Crippen LogP contribution in [0.2, 0.25) is 0 Å². The van der Waals surface area contributed by atoms with Gasteiger partial charge in [-0.1, -0.05) is 12.1 Å². The van der Waals surface area contributed by atoms with Crippen LogP contribution in [0.1, 0.15) is 16.1 Å². The van der Waals surface area contributed by atoms with Crippen LogP contribution in [-0.4, -0.2) is 43.3 Å². The van der Waals surface area contributed by atoms with Crippen molar-refractivity contribution in [1.82, 2.24) is 9.97 Å². The van der Waals surface area contributed by atoms with E-state index >= 15 is 0 Å². The van der Waals surface area contributed by atoms with E-state index in [9.17, 15) is 9.59 Å². The third-order valence-electron chi connectivity index (χ3n) is 2.44. The molecule has 0 amide bonds. The number of phenols is 1. The van der Waals surface area contributed by atoms with Crippen LogP contribution < -0.4 is 5.73 Å². The number of aliphatic carboxylic acids is 1. The van der Waals surface area contributed by atoms with E-state index in [2.05, 4.69) is 9.97 Å². The summed E-state index contributed by atoms with van der Waals surface area (Å²) < 4.78 is 0. The molecule has 1 unspecified atom stereocenters. The number of carbonyl (C=O) groups is 2. The normalized spacial score (nSPS) is 11.1. The number of para-hydroxylation sites is 1. The lowest BCUT2D eigenvalue weighted by Gasteiger charge is -2.01. The Labute approximate surface area is 119 Å². The van der Waals surface area contributed by atoms with E-state index in [0.29, 0.717) is 5.69 Å². The molecular weight excluding hydrogens is 278 g/mol. The van der Waals surface area contributed by atoms with Gasteiger partial charge in [-0.2, -0.15) is 0 Å². The molecule has 6 N–H and O–H groups in total. The number of aromatic carboxylic acids is 1. The van der Waals surface area contributed by atoms with Crippen molar-refractivity contribution >= 4 is 11.9 Å². The van der Waals surface area contributed by atoms with Crippen molar-refractivity contribution < 1.29 is 24.9 Å². The van der Waals surface area contributed by atoms with Crippen molar-refractivity contribution in [1.29, 1.82) is 0 Å². The van der Waals surface area contributed by atoms with Gasteiger partial charge in [-0.15, -0.1) is 0 Å². The summed E-state index contributed by atoms with van der Waals surface area (Å²) in [6.07, 6.45) is 3.38. The predicted octanol–water partition coefficient (Wildman–Crippen LogP) is 0.455. The Morgan fingerprint density at radius 1 is 1.29 bits per heavy atom. The lowest BCUT2D eigenvalue weighted by Crippen LogP contribution is -2.32. The molecule has 1 aromatic heterocycles. The lowest BCUT2D eigenvalue weighted by atomic mass is 10.2. The number of carboxylic acids is 2. The topological polar surface area (TPSA) is 150 Å². The molecule has 0 aliphatic rings. The smallest absolute Gasteiger partial charge is 0.339 e. The molecule has 112 valence electrons. The van der Waals surface area contributed by atoms with Crippen LogP contribution in [0.4, 0.5) is 0 Å². The number of nitrogens with zero attached hydrogens (tertiary/aromatic N) is 1. The SMILES string of the molecule is NC(Cc1c[nH]cn1)C(=O)O.O=C(O)c1ccccc1O. The molecule has 0 aliphatic heterocycles. The molecule has 1 aromatic carbocycles. The first-order valence-corrected chi connectivity index (χ1v) is 5.89. The number of aromatic hydroxyl groups is 1. The third kappa shape index (κ3) is 5.33. The largest absolute Gasteiger partial charge is 0.507 e. The number of hydrogen-bond acceptors (Lipinski definition) is 5. The van der Waals surface area contributed by atoms with Gasteiger partial charge in [0.25, 0.3) is 0 Å². The van der Waals surface area contributed by atoms with Crippen LogP contribution in [0.3, 0.4) is 0 Å². The Hall–Kier alpha value is -2.87. The second-order valence-electron chi connectivity index (χ2n) is 4.03. The zero-order valence-electron chi connectivity index (χ0n) is 10.9. The molecule has 21 heavy (non-hydrogen) atoms. The highest BCUT2D eigenvalue weighted by Gasteiger charge is 2.12. The second-order valence-corrected chi connectivity index (χ2v) is 4.03. The maximum absolute atomic E-state index is 10.3. The minimum absolute atomic E-state index is 0.0671. The quantitative estimate of drug-likeness (QED) is 0.549. The van der Waals surface area contributed by atoms with Crippen LogP contribution in [-0.2, 0) is 11.2 Å². The summed E-state index contributed by atoms with van der Waals surface area (Å²) >= 11 is 0. The molecule has 0 fully saturated rings. The maximum Gasteiger partial charge on any atom is 0.339 e. The van der Waals surface area contributed by atoms with Crippen LogP contribution in [0, 0.1) is 0 Å². The molecule has 1 heterocycles. The van der Waals surface area contributed by atoms with E-state index in [1.54, 1.807) is 18.3 Å². The molecule has 8 nitrogen and oxygen atoms in total. The van der Waals surface area contributed by atoms with Gasteiger partial charge in [0.05, 0.1) is 12.0 Å². The van der Waals surface area contributed by atoms with Gasteiger partial charge in [-0.25, -0.2) is 9.78 Å². The van der Waals surface area contributed by atoms with E-state index in [-0.39, 0.29) is 17.7 Å². The number of imidazole rings is 1. The summed E-state index contributed by atoms with van der Waals surface area (Å²) in [5.41, 5.74) is 5.85. The summed E-state index contributed by atoms with van der Waals surface area (Å²) in [5, 5.41) is 25.7. The number of aromatic nitrogens is 2. The molecule has 0 spiro atoms. The van der Waals surface area contributed by atoms with Crippen molar-refractivity contribution in [2.75, 3.05) is 0 Å². The Bertz CT molecular complexity index is 598. The number of H-pyrrole nitrogens is 1. The fourth-order valence-corrected chi connectivity index (χ4v) is 1.37. The number of hydrogen-bond donors (Lipinski definition) is 5. The average Bonchev–Trinajstić information content (AvgIpc) is 2.92. The number of nitrogens with one attached hydrogen (secondary N) is 1. The monoisotopic (exact) mass is 293 g/mol. The zero-order chi connectivity index (χ0) is 15.8. The molecule has 0 aliphatic carbocycles. The molecule has 0 bridgehead atoms. The van der Waals surface area contributed by atoms with Crippen LogP contribution in [0.15, 0.2) is 36.8 Å². The van der Waals surface area contributed by atoms with Crippen LogP contribution in [0.25, 0.3) is 0 Å². The van der Waals surface area contributed by atoms with Gasteiger partial charge < -0.3 is 26.0 Å². The molecule has 2 aromatic rings. The van der Waals surface area contributed by atoms with Crippen molar-refractivity contribution in [3.8, 4) is 5.75 Å². The van der Waals surface area contributed by atoms with E-state index in [4.69, 9.17) is 21.1 Å².